The van der Waals surface area contributed by atoms with Gasteiger partial charge >= 0.3 is 0 Å². The molecule has 4 rings (SSSR count). The lowest BCUT2D eigenvalue weighted by molar-refractivity contribution is 0.0932. The normalized spacial score (nSPS) is 17.4. The molecule has 0 radical (unpaired) electrons. The van der Waals surface area contributed by atoms with E-state index < -0.39 is 0 Å². The molecule has 6 nitrogen and oxygen atoms in total. The van der Waals surface area contributed by atoms with E-state index in [1.807, 2.05) is 18.2 Å². The first-order valence-corrected chi connectivity index (χ1v) is 10.1. The maximum absolute atomic E-state index is 12.8. The van der Waals surface area contributed by atoms with Crippen LogP contribution in [-0.2, 0) is 0 Å². The number of piperidine rings is 1. The monoisotopic (exact) mass is 434 g/mol. The van der Waals surface area contributed by atoms with Gasteiger partial charge in [-0.2, -0.15) is 0 Å². The fraction of sp³-hybridized carbons (Fsp3) is 0.333. The Labute approximate surface area is 163 Å². The highest BCUT2D eigenvalue weighted by molar-refractivity contribution is 9.11. The molecule has 26 heavy (non-hydrogen) atoms. The first kappa shape index (κ1) is 17.5. The molecule has 2 aromatic heterocycles. The molecule has 0 saturated carbocycles. The molecule has 136 valence electrons. The van der Waals surface area contributed by atoms with Crippen LogP contribution in [0.4, 0.5) is 0 Å². The number of hydrogen-bond donors (Lipinski definition) is 3. The van der Waals surface area contributed by atoms with Gasteiger partial charge in [0.25, 0.3) is 5.91 Å². The number of amides is 1. The summed E-state index contributed by atoms with van der Waals surface area (Å²) in [5.41, 5.74) is 1.93. The number of nitrogens with zero attached hydrogens (tertiary/aromatic N) is 1. The lowest BCUT2D eigenvalue weighted by Crippen LogP contribution is -2.45. The largest absolute Gasteiger partial charge is 0.494 e. The molecule has 0 spiro atoms. The maximum Gasteiger partial charge on any atom is 0.253 e. The molecule has 8 heteroatoms. The van der Waals surface area contributed by atoms with E-state index in [1.54, 1.807) is 24.5 Å². The van der Waals surface area contributed by atoms with Crippen molar-refractivity contribution in [2.75, 3.05) is 20.2 Å². The number of aromatic amines is 1. The Balaban J connectivity index is 1.72. The molecule has 3 heterocycles. The molecule has 1 aromatic carbocycles. The van der Waals surface area contributed by atoms with Crippen LogP contribution in [-0.4, -0.2) is 42.1 Å². The van der Waals surface area contributed by atoms with E-state index in [-0.39, 0.29) is 11.9 Å². The highest BCUT2D eigenvalue weighted by Crippen LogP contribution is 2.34. The van der Waals surface area contributed by atoms with Crippen molar-refractivity contribution in [3.05, 3.63) is 33.6 Å². The van der Waals surface area contributed by atoms with Crippen molar-refractivity contribution in [1.29, 1.82) is 0 Å². The Morgan fingerprint density at radius 3 is 2.96 bits per heavy atom. The fourth-order valence-corrected chi connectivity index (χ4v) is 4.55. The van der Waals surface area contributed by atoms with Gasteiger partial charge in [0.1, 0.15) is 22.6 Å². The Hall–Kier alpha value is -1.90. The van der Waals surface area contributed by atoms with E-state index in [4.69, 9.17) is 9.72 Å². The highest BCUT2D eigenvalue weighted by atomic mass is 79.9. The number of aromatic nitrogens is 2. The van der Waals surface area contributed by atoms with Gasteiger partial charge in [0, 0.05) is 12.6 Å². The Bertz CT molecular complexity index is 946. The Morgan fingerprint density at radius 1 is 1.38 bits per heavy atom. The topological polar surface area (TPSA) is 79.0 Å². The molecule has 0 bridgehead atoms. The molecule has 1 amide bonds. The number of halogens is 1. The number of benzene rings is 1. The summed E-state index contributed by atoms with van der Waals surface area (Å²) < 4.78 is 6.48. The second-order valence-electron chi connectivity index (χ2n) is 6.24. The maximum atomic E-state index is 12.8. The van der Waals surface area contributed by atoms with Crippen molar-refractivity contribution in [2.45, 2.75) is 18.9 Å². The standard InChI is InChI=1S/C18H19BrN4O2S/c1-25-12-5-4-11(18(24)21-10-3-2-8-20-9-10)15-16(12)23-17(22-15)13-6-7-14(19)26-13/h4-7,10,20H,2-3,8-9H2,1H3,(H,21,24)(H,22,23)/t10-/m0/s1. The average Bonchev–Trinajstić information content (AvgIpc) is 3.28. The summed E-state index contributed by atoms with van der Waals surface area (Å²) in [6, 6.07) is 7.71. The Kier molecular flexibility index (Phi) is 4.97. The number of fused-ring (bicyclic) bond motifs is 1. The van der Waals surface area contributed by atoms with E-state index >= 15 is 0 Å². The molecule has 1 atom stereocenters. The molecule has 3 N–H and O–H groups in total. The summed E-state index contributed by atoms with van der Waals surface area (Å²) in [5.74, 6) is 1.30. The van der Waals surface area contributed by atoms with Crippen molar-refractivity contribution >= 4 is 44.2 Å². The van der Waals surface area contributed by atoms with Gasteiger partial charge in [-0.25, -0.2) is 4.98 Å². The van der Waals surface area contributed by atoms with Crippen molar-refractivity contribution in [2.24, 2.45) is 0 Å². The SMILES string of the molecule is COc1ccc(C(=O)N[C@H]2CCCNC2)c2nc(-c3ccc(Br)s3)[nH]c12. The number of imidazole rings is 1. The van der Waals surface area contributed by atoms with Crippen LogP contribution in [0.25, 0.3) is 21.7 Å². The minimum Gasteiger partial charge on any atom is -0.494 e. The number of H-pyrrole nitrogens is 1. The van der Waals surface area contributed by atoms with Crippen molar-refractivity contribution < 1.29 is 9.53 Å². The van der Waals surface area contributed by atoms with Gasteiger partial charge in [-0.1, -0.05) is 0 Å². The number of thiophene rings is 1. The van der Waals surface area contributed by atoms with Crippen molar-refractivity contribution in [3.8, 4) is 16.5 Å². The molecule has 1 fully saturated rings. The van der Waals surface area contributed by atoms with Crippen LogP contribution < -0.4 is 15.4 Å². The van der Waals surface area contributed by atoms with Crippen molar-refractivity contribution in [1.82, 2.24) is 20.6 Å². The molecule has 0 unspecified atom stereocenters. The first-order chi connectivity index (χ1) is 12.7. The Morgan fingerprint density at radius 2 is 2.27 bits per heavy atom. The van der Waals surface area contributed by atoms with Crippen LogP contribution in [0.3, 0.4) is 0 Å². The van der Waals surface area contributed by atoms with Gasteiger partial charge in [0.15, 0.2) is 0 Å². The van der Waals surface area contributed by atoms with Gasteiger partial charge in [0.2, 0.25) is 0 Å². The summed E-state index contributed by atoms with van der Waals surface area (Å²) >= 11 is 5.06. The molecular formula is C18H19BrN4O2S. The second kappa shape index (κ2) is 7.38. The lowest BCUT2D eigenvalue weighted by atomic mass is 10.1. The van der Waals surface area contributed by atoms with E-state index in [0.717, 1.165) is 45.9 Å². The minimum absolute atomic E-state index is 0.100. The average molecular weight is 435 g/mol. The number of ether oxygens (including phenoxy) is 1. The number of carbonyl (C=O) groups excluding carboxylic acids is 1. The lowest BCUT2D eigenvalue weighted by Gasteiger charge is -2.23. The number of rotatable bonds is 4. The first-order valence-electron chi connectivity index (χ1n) is 8.49. The second-order valence-corrected chi connectivity index (χ2v) is 8.71. The molecule has 0 aliphatic carbocycles. The molecule has 3 aromatic rings. The van der Waals surface area contributed by atoms with Crippen LogP contribution in [0.15, 0.2) is 28.1 Å². The zero-order chi connectivity index (χ0) is 18.1. The zero-order valence-electron chi connectivity index (χ0n) is 14.3. The number of carbonyl (C=O) groups is 1. The van der Waals surface area contributed by atoms with E-state index in [0.29, 0.717) is 16.8 Å². The summed E-state index contributed by atoms with van der Waals surface area (Å²) in [7, 11) is 1.62. The minimum atomic E-state index is -0.100. The fourth-order valence-electron chi connectivity index (χ4n) is 3.22. The molecular weight excluding hydrogens is 416 g/mol. The van der Waals surface area contributed by atoms with Crippen LogP contribution in [0.1, 0.15) is 23.2 Å². The van der Waals surface area contributed by atoms with Crippen LogP contribution in [0.5, 0.6) is 5.75 Å². The van der Waals surface area contributed by atoms with Crippen LogP contribution in [0.2, 0.25) is 0 Å². The number of nitrogens with one attached hydrogen (secondary N) is 3. The quantitative estimate of drug-likeness (QED) is 0.586. The van der Waals surface area contributed by atoms with Crippen molar-refractivity contribution in [3.63, 3.8) is 0 Å². The van der Waals surface area contributed by atoms with E-state index in [2.05, 4.69) is 31.5 Å². The highest BCUT2D eigenvalue weighted by Gasteiger charge is 2.21. The zero-order valence-corrected chi connectivity index (χ0v) is 16.7. The van der Waals surface area contributed by atoms with Gasteiger partial charge in [-0.15, -0.1) is 11.3 Å². The predicted octanol–water partition coefficient (Wildman–Crippen LogP) is 3.54. The van der Waals surface area contributed by atoms with Gasteiger partial charge in [-0.05, 0) is 59.6 Å². The summed E-state index contributed by atoms with van der Waals surface area (Å²) in [6.07, 6.45) is 2.07. The summed E-state index contributed by atoms with van der Waals surface area (Å²) in [4.78, 5) is 21.8. The number of methoxy groups -OCH3 is 1. The number of hydrogen-bond acceptors (Lipinski definition) is 5. The van der Waals surface area contributed by atoms with Crippen LogP contribution >= 0.6 is 27.3 Å². The van der Waals surface area contributed by atoms with Gasteiger partial charge in [0.05, 0.1) is 21.3 Å². The molecule has 1 aliphatic rings. The molecule has 1 saturated heterocycles. The van der Waals surface area contributed by atoms with Crippen LogP contribution in [0, 0.1) is 0 Å². The third-order valence-electron chi connectivity index (χ3n) is 4.51. The van der Waals surface area contributed by atoms with Gasteiger partial charge in [-0.3, -0.25) is 4.79 Å². The summed E-state index contributed by atoms with van der Waals surface area (Å²) in [6.45, 7) is 1.82. The predicted molar refractivity (Wildman–Crippen MR) is 107 cm³/mol. The van der Waals surface area contributed by atoms with E-state index in [9.17, 15) is 4.79 Å². The molecule has 1 aliphatic heterocycles. The van der Waals surface area contributed by atoms with Gasteiger partial charge < -0.3 is 20.4 Å². The third kappa shape index (κ3) is 3.36. The van der Waals surface area contributed by atoms with E-state index in [1.165, 1.54) is 0 Å². The third-order valence-corrected chi connectivity index (χ3v) is 6.14. The summed E-state index contributed by atoms with van der Waals surface area (Å²) in [5, 5.41) is 6.43. The smallest absolute Gasteiger partial charge is 0.253 e.